The largest absolute Gasteiger partial charge is 0.453 e. The summed E-state index contributed by atoms with van der Waals surface area (Å²) in [5.41, 5.74) is 4.58. The zero-order valence-electron chi connectivity index (χ0n) is 29.6. The second-order valence-electron chi connectivity index (χ2n) is 10.8. The van der Waals surface area contributed by atoms with Gasteiger partial charge in [-0.3, -0.25) is 13.9 Å². The van der Waals surface area contributed by atoms with Crippen molar-refractivity contribution in [3.8, 4) is 0 Å². The number of anilines is 3. The molecule has 216 valence electrons. The number of nitrogens with two attached hydrogens (primary N) is 1. The maximum atomic E-state index is 13.6. The van der Waals surface area contributed by atoms with E-state index < -0.39 is 49.3 Å². The Morgan fingerprint density at radius 3 is 2.76 bits per heavy atom. The van der Waals surface area contributed by atoms with Gasteiger partial charge in [0.25, 0.3) is 0 Å². The number of alkyl carbamates (subject to hydrolysis) is 1. The first kappa shape index (κ1) is 19.5. The Balaban J connectivity index is 1.38. The molecule has 0 aromatic carbocycles. The molecule has 6 rings (SSSR count). The number of imidazole rings is 1. The number of ether oxygens (including phenoxy) is 1. The first-order chi connectivity index (χ1) is 22.2. The Bertz CT molecular complexity index is 2020. The van der Waals surface area contributed by atoms with Crippen LogP contribution in [-0.4, -0.2) is 68.0 Å². The molecule has 0 radical (unpaired) electrons. The second kappa shape index (κ2) is 9.49. The van der Waals surface area contributed by atoms with Gasteiger partial charge in [0.15, 0.2) is 11.5 Å². The number of nitrogens with one attached hydrogen (secondary N) is 2. The quantitative estimate of drug-likeness (QED) is 0.301. The van der Waals surface area contributed by atoms with Gasteiger partial charge in [-0.15, -0.1) is 0 Å². The van der Waals surface area contributed by atoms with E-state index >= 15 is 0 Å². The highest BCUT2D eigenvalue weighted by Gasteiger charge is 2.60. The highest BCUT2D eigenvalue weighted by molar-refractivity contribution is 5.93. The lowest BCUT2D eigenvalue weighted by molar-refractivity contribution is -0.123. The van der Waals surface area contributed by atoms with E-state index in [1.165, 1.54) is 16.8 Å². The van der Waals surface area contributed by atoms with Crippen LogP contribution in [0.2, 0.25) is 0 Å². The Kier molecular flexibility index (Phi) is 4.50. The Labute approximate surface area is 245 Å². The molecule has 14 heteroatoms. The van der Waals surface area contributed by atoms with Crippen molar-refractivity contribution in [1.82, 2.24) is 34.2 Å². The molecule has 2 fully saturated rings. The van der Waals surface area contributed by atoms with Crippen LogP contribution >= 0.6 is 0 Å². The molecular formula is C27H34N10O4. The van der Waals surface area contributed by atoms with Crippen molar-refractivity contribution in [2.24, 2.45) is 18.6 Å². The van der Waals surface area contributed by atoms with Crippen molar-refractivity contribution in [2.45, 2.75) is 50.2 Å². The summed E-state index contributed by atoms with van der Waals surface area (Å²) in [5, 5.41) is 10.7. The van der Waals surface area contributed by atoms with E-state index in [2.05, 4.69) is 25.5 Å². The summed E-state index contributed by atoms with van der Waals surface area (Å²) >= 11 is 0. The fourth-order valence-corrected chi connectivity index (χ4v) is 5.81. The molecule has 0 saturated heterocycles. The number of fused-ring (bicyclic) bond motifs is 2. The van der Waals surface area contributed by atoms with Crippen LogP contribution in [0.25, 0.3) is 22.1 Å². The van der Waals surface area contributed by atoms with E-state index in [1.807, 2.05) is 21.0 Å². The summed E-state index contributed by atoms with van der Waals surface area (Å²) in [6.45, 7) is -0.949. The maximum absolute atomic E-state index is 13.6. The Hall–Kier alpha value is -4.62. The highest BCUT2D eigenvalue weighted by Crippen LogP contribution is 2.51. The minimum atomic E-state index is -3.01. The van der Waals surface area contributed by atoms with Crippen LogP contribution in [0.4, 0.5) is 22.2 Å². The van der Waals surface area contributed by atoms with Gasteiger partial charge in [0.05, 0.1) is 35.1 Å². The lowest BCUT2D eigenvalue weighted by Crippen LogP contribution is -2.36. The molecule has 4 aromatic heterocycles. The lowest BCUT2D eigenvalue weighted by atomic mass is 10.2. The number of aryl methyl sites for hydroxylation is 1. The summed E-state index contributed by atoms with van der Waals surface area (Å²) < 4.78 is 61.9. The van der Waals surface area contributed by atoms with E-state index in [4.69, 9.17) is 20.3 Å². The minimum Gasteiger partial charge on any atom is -0.453 e. The number of carbonyl (C=O) groups excluding carboxylic acids is 2. The molecule has 2 aliphatic rings. The van der Waals surface area contributed by atoms with E-state index in [-0.39, 0.29) is 42.0 Å². The molecule has 0 unspecified atom stereocenters. The SMILES string of the molecule is [2H]C([2H])([2H])OC(=O)N[C@]1([2H])CC[C@@H](n2c(=O)n(C([2H])([2H])[2H])c3cnc(Nc4ccc5c(N(C)C)nn([C@@]6(C(N)=O)C[C@@H]6C)c5n4)cc32)C1. The summed E-state index contributed by atoms with van der Waals surface area (Å²) in [6.07, 6.45) is 0.550. The fourth-order valence-electron chi connectivity index (χ4n) is 5.81. The topological polar surface area (TPSA) is 167 Å². The normalized spacial score (nSPS) is 28.5. The van der Waals surface area contributed by atoms with Crippen molar-refractivity contribution < 1.29 is 23.9 Å². The zero-order valence-corrected chi connectivity index (χ0v) is 22.6. The molecule has 4 atom stereocenters. The molecule has 41 heavy (non-hydrogen) atoms. The van der Waals surface area contributed by atoms with Gasteiger partial charge in [0, 0.05) is 43.3 Å². The third kappa shape index (κ3) is 4.16. The molecule has 0 bridgehead atoms. The number of aromatic nitrogens is 6. The van der Waals surface area contributed by atoms with E-state index in [9.17, 15) is 14.4 Å². The van der Waals surface area contributed by atoms with E-state index in [1.54, 1.807) is 21.7 Å². The maximum Gasteiger partial charge on any atom is 0.407 e. The number of hydrogen-bond acceptors (Lipinski definition) is 9. The lowest BCUT2D eigenvalue weighted by Gasteiger charge is -2.15. The Morgan fingerprint density at radius 2 is 2.07 bits per heavy atom. The third-order valence-electron chi connectivity index (χ3n) is 8.03. The fraction of sp³-hybridized carbons (Fsp3) is 0.481. The number of carbonyl (C=O) groups is 2. The van der Waals surface area contributed by atoms with Gasteiger partial charge >= 0.3 is 11.8 Å². The van der Waals surface area contributed by atoms with Gasteiger partial charge in [-0.2, -0.15) is 5.10 Å². The number of primary amides is 1. The third-order valence-corrected chi connectivity index (χ3v) is 8.03. The number of hydrogen-bond donors (Lipinski definition) is 3. The predicted molar refractivity (Wildman–Crippen MR) is 153 cm³/mol. The van der Waals surface area contributed by atoms with Gasteiger partial charge in [-0.25, -0.2) is 24.2 Å². The average molecular weight is 570 g/mol. The van der Waals surface area contributed by atoms with Crippen LogP contribution in [0.5, 0.6) is 0 Å². The highest BCUT2D eigenvalue weighted by atomic mass is 16.5. The van der Waals surface area contributed by atoms with Gasteiger partial charge in [0.2, 0.25) is 5.91 Å². The van der Waals surface area contributed by atoms with Crippen molar-refractivity contribution in [1.29, 1.82) is 0 Å². The Morgan fingerprint density at radius 1 is 1.27 bits per heavy atom. The van der Waals surface area contributed by atoms with Crippen LogP contribution in [0.3, 0.4) is 0 Å². The van der Waals surface area contributed by atoms with Crippen molar-refractivity contribution in [3.63, 3.8) is 0 Å². The van der Waals surface area contributed by atoms with Crippen LogP contribution in [-0.2, 0) is 22.0 Å². The van der Waals surface area contributed by atoms with Crippen molar-refractivity contribution in [2.75, 3.05) is 31.3 Å². The second-order valence-corrected chi connectivity index (χ2v) is 10.8. The van der Waals surface area contributed by atoms with Crippen LogP contribution in [0, 0.1) is 5.92 Å². The first-order valence-corrected chi connectivity index (χ1v) is 13.0. The molecular weight excluding hydrogens is 528 g/mol. The smallest absolute Gasteiger partial charge is 0.407 e. The van der Waals surface area contributed by atoms with Gasteiger partial charge in [-0.05, 0) is 43.7 Å². The molecule has 4 heterocycles. The summed E-state index contributed by atoms with van der Waals surface area (Å²) in [7, 11) is 0.638. The number of methoxy groups -OCH3 is 1. The van der Waals surface area contributed by atoms with Gasteiger partial charge in [-0.1, -0.05) is 6.92 Å². The molecule has 0 spiro atoms. The standard InChI is InChI=1S/C27H34N10O4/c1-14-12-27(14,24(28)38)37-22-17(23(33-37)34(2)3)8-9-20(32-22)31-21-11-18-19(13-29-21)35(4)26(40)36(18)16-7-6-15(10-16)30-25(39)41-5/h8-9,11,13-16H,6-7,10,12H2,1-5H3,(H2,28,38)(H,30,39)(H,29,31,32)/t14-,15+,16+,27-/m0/s1/i4D3,5D3,15D. The molecule has 2 aliphatic carbocycles. The van der Waals surface area contributed by atoms with E-state index in [0.717, 1.165) is 0 Å². The number of pyridine rings is 2. The van der Waals surface area contributed by atoms with Crippen LogP contribution in [0.1, 0.15) is 48.2 Å². The monoisotopic (exact) mass is 569 g/mol. The predicted octanol–water partition coefficient (Wildman–Crippen LogP) is 1.96. The number of amides is 2. The first-order valence-electron chi connectivity index (χ1n) is 16.5. The minimum absolute atomic E-state index is 0.0195. The number of nitrogens with zero attached hydrogens (tertiary/aromatic N) is 7. The summed E-state index contributed by atoms with van der Waals surface area (Å²) in [6, 6.07) is 2.56. The zero-order chi connectivity index (χ0) is 35.1. The van der Waals surface area contributed by atoms with Crippen LogP contribution < -0.4 is 27.0 Å². The van der Waals surface area contributed by atoms with Crippen molar-refractivity contribution in [3.05, 3.63) is 34.9 Å². The molecule has 2 saturated carbocycles. The van der Waals surface area contributed by atoms with Gasteiger partial charge < -0.3 is 26.0 Å². The summed E-state index contributed by atoms with van der Waals surface area (Å²) in [4.78, 5) is 49.2. The molecule has 4 N–H and O–H groups in total. The number of rotatable bonds is 7. The molecule has 14 nitrogen and oxygen atoms in total. The van der Waals surface area contributed by atoms with E-state index in [0.29, 0.717) is 33.7 Å². The molecule has 2 amide bonds. The van der Waals surface area contributed by atoms with Crippen molar-refractivity contribution >= 4 is 51.5 Å². The summed E-state index contributed by atoms with van der Waals surface area (Å²) in [5.74, 6) is 0.572. The van der Waals surface area contributed by atoms with Gasteiger partial charge in [0.1, 0.15) is 17.2 Å². The average Bonchev–Trinajstić information content (AvgIpc) is 3.20. The van der Waals surface area contributed by atoms with Crippen LogP contribution in [0.15, 0.2) is 29.2 Å². The molecule has 4 aromatic rings. The molecule has 0 aliphatic heterocycles.